The maximum absolute atomic E-state index is 12.8. The Hall–Kier alpha value is -2.70. The van der Waals surface area contributed by atoms with Gasteiger partial charge in [-0.25, -0.2) is 0 Å². The van der Waals surface area contributed by atoms with Crippen LogP contribution < -0.4 is 10.6 Å². The smallest absolute Gasteiger partial charge is 0.255 e. The number of carbonyl (C=O) groups is 4. The Balaban J connectivity index is 1.68. The van der Waals surface area contributed by atoms with Crippen molar-refractivity contribution in [1.29, 1.82) is 0 Å². The Bertz CT molecular complexity index is 786. The van der Waals surface area contributed by atoms with Gasteiger partial charge in [0.2, 0.25) is 12.3 Å². The first-order valence-electron chi connectivity index (χ1n) is 10.5. The van der Waals surface area contributed by atoms with Gasteiger partial charge in [-0.3, -0.25) is 24.5 Å². The van der Waals surface area contributed by atoms with Gasteiger partial charge < -0.3 is 10.2 Å². The molecule has 0 spiro atoms. The number of carbonyl (C=O) groups excluding carboxylic acids is 4. The van der Waals surface area contributed by atoms with Crippen LogP contribution >= 0.6 is 0 Å². The van der Waals surface area contributed by atoms with E-state index >= 15 is 0 Å². The van der Waals surface area contributed by atoms with Crippen molar-refractivity contribution < 1.29 is 19.2 Å². The predicted molar refractivity (Wildman–Crippen MR) is 108 cm³/mol. The number of imide groups is 1. The second kappa shape index (κ2) is 9.67. The van der Waals surface area contributed by atoms with Crippen LogP contribution in [0.15, 0.2) is 18.2 Å². The molecule has 1 aliphatic carbocycles. The van der Waals surface area contributed by atoms with Crippen molar-refractivity contribution in [1.82, 2.24) is 15.5 Å². The Kier molecular flexibility index (Phi) is 7.01. The minimum atomic E-state index is -0.700. The number of hydrogen-bond acceptors (Lipinski definition) is 4. The van der Waals surface area contributed by atoms with Gasteiger partial charge >= 0.3 is 0 Å². The normalized spacial score (nSPS) is 17.6. The molecular weight excluding hydrogens is 370 g/mol. The number of fused-ring (bicyclic) bond motifs is 1. The second-order valence-corrected chi connectivity index (χ2v) is 7.95. The minimum Gasteiger partial charge on any atom is -0.352 e. The molecule has 0 radical (unpaired) electrons. The molecule has 1 fully saturated rings. The van der Waals surface area contributed by atoms with Crippen LogP contribution in [-0.4, -0.2) is 41.6 Å². The van der Waals surface area contributed by atoms with Gasteiger partial charge in [0.05, 0.1) is 0 Å². The van der Waals surface area contributed by atoms with E-state index in [0.717, 1.165) is 18.4 Å². The topological polar surface area (TPSA) is 95.6 Å². The van der Waals surface area contributed by atoms with Crippen molar-refractivity contribution >= 4 is 24.1 Å². The van der Waals surface area contributed by atoms with Crippen molar-refractivity contribution in [2.75, 3.05) is 6.54 Å². The third-order valence-electron chi connectivity index (χ3n) is 5.92. The van der Waals surface area contributed by atoms with Crippen LogP contribution in [0.25, 0.3) is 0 Å². The maximum atomic E-state index is 12.8. The highest BCUT2D eigenvalue weighted by atomic mass is 16.2. The van der Waals surface area contributed by atoms with E-state index in [0.29, 0.717) is 42.8 Å². The largest absolute Gasteiger partial charge is 0.352 e. The Labute approximate surface area is 171 Å². The molecule has 1 saturated carbocycles. The number of rotatable bonds is 8. The zero-order valence-electron chi connectivity index (χ0n) is 16.9. The van der Waals surface area contributed by atoms with Gasteiger partial charge in [-0.2, -0.15) is 0 Å². The van der Waals surface area contributed by atoms with Gasteiger partial charge in [0.1, 0.15) is 6.04 Å². The van der Waals surface area contributed by atoms with Crippen LogP contribution in [0.1, 0.15) is 78.1 Å². The number of nitrogens with one attached hydrogen (secondary N) is 2. The summed E-state index contributed by atoms with van der Waals surface area (Å²) in [6, 6.07) is 4.36. The highest BCUT2D eigenvalue weighted by Crippen LogP contribution is 2.27. The SMILES string of the molecule is CCCC(C(=O)NC=O)N1Cc2cc(C(=O)NCC3CCCCC3)ccc2C1=O. The van der Waals surface area contributed by atoms with E-state index in [1.165, 1.54) is 24.2 Å². The lowest BCUT2D eigenvalue weighted by Gasteiger charge is -2.25. The molecule has 29 heavy (non-hydrogen) atoms. The summed E-state index contributed by atoms with van der Waals surface area (Å²) in [4.78, 5) is 49.7. The Morgan fingerprint density at radius 1 is 1.24 bits per heavy atom. The summed E-state index contributed by atoms with van der Waals surface area (Å²) >= 11 is 0. The first-order valence-corrected chi connectivity index (χ1v) is 10.5. The summed E-state index contributed by atoms with van der Waals surface area (Å²) in [5.41, 5.74) is 1.77. The molecule has 156 valence electrons. The third-order valence-corrected chi connectivity index (χ3v) is 5.92. The molecule has 2 N–H and O–H groups in total. The number of nitrogens with zero attached hydrogens (tertiary/aromatic N) is 1. The lowest BCUT2D eigenvalue weighted by atomic mass is 9.89. The van der Waals surface area contributed by atoms with Crippen LogP contribution in [0.2, 0.25) is 0 Å². The van der Waals surface area contributed by atoms with Crippen LogP contribution in [0.3, 0.4) is 0 Å². The summed E-state index contributed by atoms with van der Waals surface area (Å²) in [5, 5.41) is 5.17. The minimum absolute atomic E-state index is 0.131. The van der Waals surface area contributed by atoms with E-state index < -0.39 is 11.9 Å². The molecule has 0 aromatic heterocycles. The zero-order chi connectivity index (χ0) is 20.8. The molecule has 1 atom stereocenters. The predicted octanol–water partition coefficient (Wildman–Crippen LogP) is 2.39. The molecule has 0 bridgehead atoms. The average molecular weight is 399 g/mol. The van der Waals surface area contributed by atoms with Crippen molar-refractivity contribution in [3.05, 3.63) is 34.9 Å². The summed E-state index contributed by atoms with van der Waals surface area (Å²) in [5.74, 6) is -0.305. The Morgan fingerprint density at radius 2 is 2.00 bits per heavy atom. The fourth-order valence-corrected chi connectivity index (χ4v) is 4.32. The molecule has 0 saturated heterocycles. The number of benzene rings is 1. The quantitative estimate of drug-likeness (QED) is 0.656. The van der Waals surface area contributed by atoms with E-state index in [-0.39, 0.29) is 18.4 Å². The van der Waals surface area contributed by atoms with Gasteiger partial charge in [0, 0.05) is 24.2 Å². The summed E-state index contributed by atoms with van der Waals surface area (Å²) in [7, 11) is 0. The van der Waals surface area contributed by atoms with E-state index in [1.807, 2.05) is 6.92 Å². The molecule has 1 heterocycles. The Morgan fingerprint density at radius 3 is 2.69 bits per heavy atom. The average Bonchev–Trinajstić information content (AvgIpc) is 3.06. The van der Waals surface area contributed by atoms with Crippen molar-refractivity contribution in [3.8, 4) is 0 Å². The maximum Gasteiger partial charge on any atom is 0.255 e. The third kappa shape index (κ3) is 4.83. The van der Waals surface area contributed by atoms with Crippen molar-refractivity contribution in [2.45, 2.75) is 64.5 Å². The van der Waals surface area contributed by atoms with Gasteiger partial charge in [-0.05, 0) is 48.9 Å². The standard InChI is InChI=1S/C22H29N3O4/c1-2-6-19(21(28)24-14-26)25-13-17-11-16(9-10-18(17)22(25)29)20(27)23-12-15-7-4-3-5-8-15/h9-11,14-15,19H,2-8,12-13H2,1H3,(H,23,27)(H,24,26,28). The van der Waals surface area contributed by atoms with E-state index in [1.54, 1.807) is 18.2 Å². The molecule has 1 aromatic rings. The van der Waals surface area contributed by atoms with Crippen molar-refractivity contribution in [3.63, 3.8) is 0 Å². The zero-order valence-corrected chi connectivity index (χ0v) is 16.9. The van der Waals surface area contributed by atoms with Gasteiger partial charge in [0.15, 0.2) is 0 Å². The fourth-order valence-electron chi connectivity index (χ4n) is 4.32. The molecule has 2 aliphatic rings. The summed E-state index contributed by atoms with van der Waals surface area (Å²) < 4.78 is 0. The van der Waals surface area contributed by atoms with Gasteiger partial charge in [-0.1, -0.05) is 32.6 Å². The lowest BCUT2D eigenvalue weighted by Crippen LogP contribution is -2.46. The molecule has 4 amide bonds. The second-order valence-electron chi connectivity index (χ2n) is 7.95. The molecule has 1 aliphatic heterocycles. The van der Waals surface area contributed by atoms with E-state index in [9.17, 15) is 19.2 Å². The molecule has 3 rings (SSSR count). The van der Waals surface area contributed by atoms with Crippen LogP contribution in [-0.2, 0) is 16.1 Å². The lowest BCUT2D eigenvalue weighted by molar-refractivity contribution is -0.129. The van der Waals surface area contributed by atoms with Crippen molar-refractivity contribution in [2.24, 2.45) is 5.92 Å². The molecular formula is C22H29N3O4. The molecule has 1 unspecified atom stereocenters. The first-order chi connectivity index (χ1) is 14.0. The van der Waals surface area contributed by atoms with Gasteiger partial charge in [0.25, 0.3) is 11.8 Å². The number of amides is 4. The summed E-state index contributed by atoms with van der Waals surface area (Å²) in [6.45, 7) is 2.86. The highest BCUT2D eigenvalue weighted by molar-refractivity contribution is 6.03. The van der Waals surface area contributed by atoms with E-state index in [4.69, 9.17) is 0 Å². The molecule has 7 nitrogen and oxygen atoms in total. The monoisotopic (exact) mass is 399 g/mol. The van der Waals surface area contributed by atoms with Crippen LogP contribution in [0, 0.1) is 5.92 Å². The number of hydrogen-bond donors (Lipinski definition) is 2. The fraction of sp³-hybridized carbons (Fsp3) is 0.545. The van der Waals surface area contributed by atoms with Crippen LogP contribution in [0.5, 0.6) is 0 Å². The summed E-state index contributed by atoms with van der Waals surface area (Å²) in [6.07, 6.45) is 7.57. The highest BCUT2D eigenvalue weighted by Gasteiger charge is 2.36. The van der Waals surface area contributed by atoms with E-state index in [2.05, 4.69) is 10.6 Å². The molecule has 7 heteroatoms. The van der Waals surface area contributed by atoms with Gasteiger partial charge in [-0.15, -0.1) is 0 Å². The first kappa shape index (κ1) is 21.0. The molecule has 1 aromatic carbocycles. The van der Waals surface area contributed by atoms with Crippen LogP contribution in [0.4, 0.5) is 0 Å².